The molecule has 5 heteroatoms. The molecule has 1 rings (SSSR count). The SMILES string of the molecule is CCN(Cc1ccncc1)C(=S)NC(C)COC. The highest BCUT2D eigenvalue weighted by molar-refractivity contribution is 7.80. The van der Waals surface area contributed by atoms with Crippen LogP contribution in [0.2, 0.25) is 0 Å². The van der Waals surface area contributed by atoms with Crippen molar-refractivity contribution in [2.75, 3.05) is 20.3 Å². The van der Waals surface area contributed by atoms with Gasteiger partial charge in [0.25, 0.3) is 0 Å². The fraction of sp³-hybridized carbons (Fsp3) is 0.538. The smallest absolute Gasteiger partial charge is 0.169 e. The lowest BCUT2D eigenvalue weighted by Gasteiger charge is -2.26. The van der Waals surface area contributed by atoms with E-state index in [4.69, 9.17) is 17.0 Å². The Morgan fingerprint density at radius 1 is 1.50 bits per heavy atom. The largest absolute Gasteiger partial charge is 0.383 e. The Morgan fingerprint density at radius 2 is 2.17 bits per heavy atom. The summed E-state index contributed by atoms with van der Waals surface area (Å²) in [5.74, 6) is 0. The normalized spacial score (nSPS) is 11.9. The first kappa shape index (κ1) is 14.9. The Morgan fingerprint density at radius 3 is 2.72 bits per heavy atom. The summed E-state index contributed by atoms with van der Waals surface area (Å²) in [6.45, 7) is 6.46. The van der Waals surface area contributed by atoms with Crippen molar-refractivity contribution in [3.8, 4) is 0 Å². The lowest BCUT2D eigenvalue weighted by Crippen LogP contribution is -2.44. The van der Waals surface area contributed by atoms with Crippen LogP contribution in [0.3, 0.4) is 0 Å². The summed E-state index contributed by atoms with van der Waals surface area (Å²) in [4.78, 5) is 6.13. The first-order valence-corrected chi connectivity index (χ1v) is 6.51. The zero-order chi connectivity index (χ0) is 13.4. The molecule has 1 unspecified atom stereocenters. The first-order chi connectivity index (χ1) is 8.67. The number of nitrogens with zero attached hydrogens (tertiary/aromatic N) is 2. The van der Waals surface area contributed by atoms with E-state index in [1.165, 1.54) is 5.56 Å². The molecule has 0 spiro atoms. The minimum absolute atomic E-state index is 0.217. The van der Waals surface area contributed by atoms with E-state index in [1.807, 2.05) is 12.1 Å². The van der Waals surface area contributed by atoms with Crippen molar-refractivity contribution in [2.45, 2.75) is 26.4 Å². The van der Waals surface area contributed by atoms with E-state index in [1.54, 1.807) is 19.5 Å². The van der Waals surface area contributed by atoms with Crippen LogP contribution in [-0.4, -0.2) is 41.3 Å². The van der Waals surface area contributed by atoms with Crippen LogP contribution in [-0.2, 0) is 11.3 Å². The lowest BCUT2D eigenvalue weighted by molar-refractivity contribution is 0.178. The van der Waals surface area contributed by atoms with Crippen LogP contribution >= 0.6 is 12.2 Å². The summed E-state index contributed by atoms with van der Waals surface area (Å²) in [6.07, 6.45) is 3.60. The fourth-order valence-corrected chi connectivity index (χ4v) is 2.02. The van der Waals surface area contributed by atoms with Crippen molar-refractivity contribution in [3.63, 3.8) is 0 Å². The van der Waals surface area contributed by atoms with Gasteiger partial charge < -0.3 is 15.0 Å². The molecule has 0 aliphatic carbocycles. The molecular formula is C13H21N3OS. The summed E-state index contributed by atoms with van der Waals surface area (Å²) in [7, 11) is 1.69. The summed E-state index contributed by atoms with van der Waals surface area (Å²) >= 11 is 5.41. The summed E-state index contributed by atoms with van der Waals surface area (Å²) < 4.78 is 5.09. The molecule has 0 fully saturated rings. The van der Waals surface area contributed by atoms with Gasteiger partial charge in [-0.2, -0.15) is 0 Å². The number of nitrogens with one attached hydrogen (secondary N) is 1. The van der Waals surface area contributed by atoms with E-state index >= 15 is 0 Å². The molecule has 100 valence electrons. The van der Waals surface area contributed by atoms with Crippen LogP contribution < -0.4 is 5.32 Å². The quantitative estimate of drug-likeness (QED) is 0.796. The number of thiocarbonyl (C=S) groups is 1. The van der Waals surface area contributed by atoms with Gasteiger partial charge in [0.15, 0.2) is 5.11 Å². The molecule has 0 radical (unpaired) electrons. The molecule has 1 atom stereocenters. The number of pyridine rings is 1. The molecule has 1 aromatic rings. The predicted octanol–water partition coefficient (Wildman–Crippen LogP) is 1.81. The number of hydrogen-bond donors (Lipinski definition) is 1. The molecule has 0 aromatic carbocycles. The van der Waals surface area contributed by atoms with Gasteiger partial charge in [0.2, 0.25) is 0 Å². The van der Waals surface area contributed by atoms with Crippen LogP contribution in [0.5, 0.6) is 0 Å². The summed E-state index contributed by atoms with van der Waals surface area (Å²) in [6, 6.07) is 4.22. The monoisotopic (exact) mass is 267 g/mol. The Bertz CT molecular complexity index is 359. The van der Waals surface area contributed by atoms with Gasteiger partial charge in [-0.1, -0.05) is 0 Å². The maximum atomic E-state index is 5.41. The van der Waals surface area contributed by atoms with Crippen LogP contribution in [0, 0.1) is 0 Å². The molecule has 0 bridgehead atoms. The second-order valence-electron chi connectivity index (χ2n) is 4.18. The van der Waals surface area contributed by atoms with Crippen LogP contribution in [0.15, 0.2) is 24.5 Å². The second-order valence-corrected chi connectivity index (χ2v) is 4.56. The molecular weight excluding hydrogens is 246 g/mol. The third-order valence-electron chi connectivity index (χ3n) is 2.58. The average Bonchev–Trinajstić information content (AvgIpc) is 2.37. The van der Waals surface area contributed by atoms with Gasteiger partial charge in [0, 0.05) is 38.6 Å². The van der Waals surface area contributed by atoms with Crippen molar-refractivity contribution in [1.82, 2.24) is 15.2 Å². The minimum atomic E-state index is 0.217. The van der Waals surface area contributed by atoms with Crippen molar-refractivity contribution < 1.29 is 4.74 Å². The predicted molar refractivity (Wildman–Crippen MR) is 77.4 cm³/mol. The Labute approximate surface area is 114 Å². The number of hydrogen-bond acceptors (Lipinski definition) is 3. The first-order valence-electron chi connectivity index (χ1n) is 6.10. The van der Waals surface area contributed by atoms with Crippen molar-refractivity contribution in [1.29, 1.82) is 0 Å². The lowest BCUT2D eigenvalue weighted by atomic mass is 10.2. The van der Waals surface area contributed by atoms with E-state index in [0.717, 1.165) is 18.2 Å². The van der Waals surface area contributed by atoms with E-state index in [0.29, 0.717) is 6.61 Å². The highest BCUT2D eigenvalue weighted by atomic mass is 32.1. The Hall–Kier alpha value is -1.20. The molecule has 1 aromatic heterocycles. The van der Waals surface area contributed by atoms with Crippen LogP contribution in [0.1, 0.15) is 19.4 Å². The van der Waals surface area contributed by atoms with Gasteiger partial charge in [-0.05, 0) is 43.8 Å². The molecule has 0 amide bonds. The summed E-state index contributed by atoms with van der Waals surface area (Å²) in [5.41, 5.74) is 1.20. The van der Waals surface area contributed by atoms with Gasteiger partial charge in [-0.25, -0.2) is 0 Å². The maximum Gasteiger partial charge on any atom is 0.169 e. The van der Waals surface area contributed by atoms with Crippen LogP contribution in [0.4, 0.5) is 0 Å². The number of methoxy groups -OCH3 is 1. The Balaban J connectivity index is 2.52. The zero-order valence-corrected chi connectivity index (χ0v) is 12.0. The second kappa shape index (κ2) is 8.00. The molecule has 0 aliphatic heterocycles. The fourth-order valence-electron chi connectivity index (χ4n) is 1.63. The maximum absolute atomic E-state index is 5.41. The van der Waals surface area contributed by atoms with E-state index < -0.39 is 0 Å². The van der Waals surface area contributed by atoms with Gasteiger partial charge in [-0.15, -0.1) is 0 Å². The molecule has 0 saturated heterocycles. The van der Waals surface area contributed by atoms with Gasteiger partial charge >= 0.3 is 0 Å². The molecule has 1 heterocycles. The number of rotatable bonds is 6. The third kappa shape index (κ3) is 4.98. The molecule has 0 aliphatic rings. The minimum Gasteiger partial charge on any atom is -0.383 e. The van der Waals surface area contributed by atoms with E-state index in [9.17, 15) is 0 Å². The molecule has 0 saturated carbocycles. The van der Waals surface area contributed by atoms with E-state index in [-0.39, 0.29) is 6.04 Å². The zero-order valence-electron chi connectivity index (χ0n) is 11.2. The van der Waals surface area contributed by atoms with Crippen molar-refractivity contribution in [3.05, 3.63) is 30.1 Å². The van der Waals surface area contributed by atoms with Crippen LogP contribution in [0.25, 0.3) is 0 Å². The van der Waals surface area contributed by atoms with E-state index in [2.05, 4.69) is 29.0 Å². The number of ether oxygens (including phenoxy) is 1. The molecule has 18 heavy (non-hydrogen) atoms. The average molecular weight is 267 g/mol. The van der Waals surface area contributed by atoms with Gasteiger partial charge in [0.05, 0.1) is 6.61 Å². The van der Waals surface area contributed by atoms with Gasteiger partial charge in [-0.3, -0.25) is 4.98 Å². The third-order valence-corrected chi connectivity index (χ3v) is 2.95. The highest BCUT2D eigenvalue weighted by Crippen LogP contribution is 2.03. The molecule has 1 N–H and O–H groups in total. The van der Waals surface area contributed by atoms with Crippen molar-refractivity contribution in [2.24, 2.45) is 0 Å². The molecule has 4 nitrogen and oxygen atoms in total. The standard InChI is InChI=1S/C13H21N3OS/c1-4-16(9-12-5-7-14-8-6-12)13(18)15-11(2)10-17-3/h5-8,11H,4,9-10H2,1-3H3,(H,15,18). The Kier molecular flexibility index (Phi) is 6.60. The topological polar surface area (TPSA) is 37.4 Å². The van der Waals surface area contributed by atoms with Gasteiger partial charge in [0.1, 0.15) is 0 Å². The van der Waals surface area contributed by atoms with Crippen molar-refractivity contribution >= 4 is 17.3 Å². The number of aromatic nitrogens is 1. The summed E-state index contributed by atoms with van der Waals surface area (Å²) in [5, 5.41) is 4.03. The highest BCUT2D eigenvalue weighted by Gasteiger charge is 2.10.